The molecule has 0 radical (unpaired) electrons. The fraction of sp³-hybridized carbons (Fsp3) is 0.381. The minimum absolute atomic E-state index is 0.226. The second-order valence-corrected chi connectivity index (χ2v) is 7.36. The van der Waals surface area contributed by atoms with Crippen molar-refractivity contribution in [1.29, 1.82) is 0 Å². The predicted molar refractivity (Wildman–Crippen MR) is 97.7 cm³/mol. The Morgan fingerprint density at radius 2 is 1.75 bits per heavy atom. The van der Waals surface area contributed by atoms with E-state index in [2.05, 4.69) is 0 Å². The molecule has 0 saturated heterocycles. The largest absolute Gasteiger partial charge is 0.416 e. The van der Waals surface area contributed by atoms with Gasteiger partial charge in [0.25, 0.3) is 11.6 Å². The van der Waals surface area contributed by atoms with Crippen molar-refractivity contribution in [2.75, 3.05) is 18.0 Å². The highest BCUT2D eigenvalue weighted by Crippen LogP contribution is 2.40. The summed E-state index contributed by atoms with van der Waals surface area (Å²) in [5.41, 5.74) is -1.60. The Morgan fingerprint density at radius 1 is 1.00 bits per heavy atom. The van der Waals surface area contributed by atoms with Gasteiger partial charge < -0.3 is 5.11 Å². The van der Waals surface area contributed by atoms with Crippen LogP contribution in [-0.2, 0) is 11.9 Å². The molecule has 2 aromatic rings. The van der Waals surface area contributed by atoms with Crippen molar-refractivity contribution < 1.29 is 27.2 Å². The molecule has 148 valence electrons. The lowest BCUT2D eigenvalue weighted by atomic mass is 9.99. The van der Waals surface area contributed by atoms with Crippen LogP contribution in [0, 0.1) is 5.82 Å². The van der Waals surface area contributed by atoms with Gasteiger partial charge in [-0.15, -0.1) is 0 Å². The average Bonchev–Trinajstić information content (AvgIpc) is 2.78. The third-order valence-electron chi connectivity index (χ3n) is 5.47. The van der Waals surface area contributed by atoms with E-state index in [1.807, 2.05) is 4.58 Å². The number of anilines is 1. The van der Waals surface area contributed by atoms with E-state index < -0.39 is 23.3 Å². The van der Waals surface area contributed by atoms with E-state index in [4.69, 9.17) is 0 Å². The number of rotatable bonds is 2. The van der Waals surface area contributed by atoms with Crippen molar-refractivity contribution in [3.05, 3.63) is 65.5 Å². The summed E-state index contributed by atoms with van der Waals surface area (Å²) in [5, 5.41) is 11.6. The van der Waals surface area contributed by atoms with E-state index in [1.165, 1.54) is 30.3 Å². The van der Waals surface area contributed by atoms with Gasteiger partial charge in [0.15, 0.2) is 6.54 Å². The van der Waals surface area contributed by atoms with Gasteiger partial charge in [-0.1, -0.05) is 6.07 Å². The fourth-order valence-electron chi connectivity index (χ4n) is 4.14. The molecule has 0 spiro atoms. The zero-order valence-corrected chi connectivity index (χ0v) is 15.2. The molecule has 2 heterocycles. The first-order valence-corrected chi connectivity index (χ1v) is 9.36. The minimum atomic E-state index is -4.47. The number of aliphatic hydroxyl groups is 1. The molecule has 2 aromatic carbocycles. The van der Waals surface area contributed by atoms with Gasteiger partial charge in [-0.05, 0) is 61.7 Å². The Labute approximate surface area is 160 Å². The highest BCUT2D eigenvalue weighted by Gasteiger charge is 2.54. The van der Waals surface area contributed by atoms with Gasteiger partial charge in [-0.25, -0.2) is 4.39 Å². The summed E-state index contributed by atoms with van der Waals surface area (Å²) in [4.78, 5) is 1.60. The van der Waals surface area contributed by atoms with E-state index >= 15 is 0 Å². The molecule has 0 saturated carbocycles. The van der Waals surface area contributed by atoms with Crippen LogP contribution in [0.15, 0.2) is 48.5 Å². The molecule has 1 atom stereocenters. The van der Waals surface area contributed by atoms with E-state index in [0.29, 0.717) is 12.0 Å². The maximum atomic E-state index is 13.4. The third kappa shape index (κ3) is 3.28. The predicted octanol–water partition coefficient (Wildman–Crippen LogP) is 4.49. The summed E-state index contributed by atoms with van der Waals surface area (Å²) >= 11 is 0. The number of hydrogen-bond donors (Lipinski definition) is 1. The summed E-state index contributed by atoms with van der Waals surface area (Å²) in [5.74, 6) is 0.377. The molecule has 1 unspecified atom stereocenters. The van der Waals surface area contributed by atoms with Crippen molar-refractivity contribution >= 4 is 11.5 Å². The molecule has 0 amide bonds. The van der Waals surface area contributed by atoms with Crippen molar-refractivity contribution in [2.24, 2.45) is 0 Å². The van der Waals surface area contributed by atoms with Crippen LogP contribution < -0.4 is 4.90 Å². The highest BCUT2D eigenvalue weighted by atomic mass is 19.4. The van der Waals surface area contributed by atoms with Crippen LogP contribution in [0.1, 0.15) is 36.8 Å². The van der Waals surface area contributed by atoms with E-state index in [1.54, 1.807) is 11.0 Å². The number of alkyl halides is 3. The van der Waals surface area contributed by atoms with Crippen LogP contribution in [-0.4, -0.2) is 28.6 Å². The standard InChI is InChI=1S/C21H21F4N2O/c22-17-10-8-15(9-11-17)20(28)14-26-12-3-1-2-7-19(26)27(20)18-6-4-5-16(13-18)21(23,24)25/h4-6,8-11,13,28H,1-3,7,12,14H2/q+1. The molecule has 2 aliphatic rings. The number of benzene rings is 2. The van der Waals surface area contributed by atoms with E-state index in [9.17, 15) is 22.7 Å². The Balaban J connectivity index is 1.85. The van der Waals surface area contributed by atoms with Gasteiger partial charge in [-0.3, -0.25) is 4.58 Å². The molecular weight excluding hydrogens is 372 g/mol. The van der Waals surface area contributed by atoms with Crippen molar-refractivity contribution in [1.82, 2.24) is 0 Å². The second-order valence-electron chi connectivity index (χ2n) is 7.36. The second kappa shape index (κ2) is 6.88. The van der Waals surface area contributed by atoms with Gasteiger partial charge in [0, 0.05) is 12.0 Å². The lowest BCUT2D eigenvalue weighted by molar-refractivity contribution is -0.534. The van der Waals surface area contributed by atoms with E-state index in [-0.39, 0.29) is 12.2 Å². The Kier molecular flexibility index (Phi) is 4.65. The highest BCUT2D eigenvalue weighted by molar-refractivity contribution is 5.97. The van der Waals surface area contributed by atoms with E-state index in [0.717, 1.165) is 43.8 Å². The monoisotopic (exact) mass is 393 g/mol. The SMILES string of the molecule is OC1(c2ccc(F)cc2)C[N+]2=C(CCCCC2)N1c1cccc(C(F)(F)F)c1. The third-order valence-corrected chi connectivity index (χ3v) is 5.47. The van der Waals surface area contributed by atoms with Gasteiger partial charge in [0.2, 0.25) is 0 Å². The van der Waals surface area contributed by atoms with Crippen LogP contribution in [0.5, 0.6) is 0 Å². The number of amidine groups is 1. The molecule has 3 nitrogen and oxygen atoms in total. The maximum Gasteiger partial charge on any atom is 0.416 e. The van der Waals surface area contributed by atoms with Crippen molar-refractivity contribution in [3.8, 4) is 0 Å². The fourth-order valence-corrected chi connectivity index (χ4v) is 4.14. The summed E-state index contributed by atoms with van der Waals surface area (Å²) in [6.07, 6.45) is -0.914. The maximum absolute atomic E-state index is 13.4. The normalized spacial score (nSPS) is 23.0. The molecule has 7 heteroatoms. The average molecular weight is 393 g/mol. The zero-order valence-electron chi connectivity index (χ0n) is 15.2. The Morgan fingerprint density at radius 3 is 2.46 bits per heavy atom. The van der Waals surface area contributed by atoms with Gasteiger partial charge >= 0.3 is 6.18 Å². The molecule has 4 rings (SSSR count). The molecule has 28 heavy (non-hydrogen) atoms. The molecule has 0 aliphatic carbocycles. The van der Waals surface area contributed by atoms with Crippen LogP contribution in [0.2, 0.25) is 0 Å². The summed E-state index contributed by atoms with van der Waals surface area (Å²) in [6.45, 7) is 0.957. The quantitative estimate of drug-likeness (QED) is 0.601. The molecule has 0 fully saturated rings. The van der Waals surface area contributed by atoms with Crippen LogP contribution in [0.3, 0.4) is 0 Å². The van der Waals surface area contributed by atoms with Crippen LogP contribution >= 0.6 is 0 Å². The van der Waals surface area contributed by atoms with Crippen molar-refractivity contribution in [3.63, 3.8) is 0 Å². The number of nitrogens with zero attached hydrogens (tertiary/aromatic N) is 2. The first kappa shape index (κ1) is 18.9. The lowest BCUT2D eigenvalue weighted by Gasteiger charge is -2.29. The van der Waals surface area contributed by atoms with Crippen LogP contribution in [0.25, 0.3) is 0 Å². The Hall–Kier alpha value is -2.41. The van der Waals surface area contributed by atoms with Crippen molar-refractivity contribution in [2.45, 2.75) is 37.6 Å². The summed E-state index contributed by atoms with van der Waals surface area (Å²) < 4.78 is 55.3. The number of hydrogen-bond acceptors (Lipinski definition) is 2. The molecule has 2 aliphatic heterocycles. The van der Waals surface area contributed by atoms with Gasteiger partial charge in [0.1, 0.15) is 11.5 Å². The first-order valence-electron chi connectivity index (χ1n) is 9.36. The molecule has 0 bridgehead atoms. The van der Waals surface area contributed by atoms with Gasteiger partial charge in [0.05, 0.1) is 12.1 Å². The number of halogens is 4. The topological polar surface area (TPSA) is 26.5 Å². The zero-order chi connectivity index (χ0) is 19.9. The summed E-state index contributed by atoms with van der Waals surface area (Å²) in [6, 6.07) is 10.5. The minimum Gasteiger partial charge on any atom is -0.346 e. The lowest BCUT2D eigenvalue weighted by Crippen LogP contribution is -2.47. The molecular formula is C21H21F4N2O+. The van der Waals surface area contributed by atoms with Gasteiger partial charge in [-0.2, -0.15) is 18.1 Å². The Bertz CT molecular complexity index is 907. The summed E-state index contributed by atoms with van der Waals surface area (Å²) in [7, 11) is 0. The molecule has 1 N–H and O–H groups in total. The first-order chi connectivity index (χ1) is 13.3. The smallest absolute Gasteiger partial charge is 0.346 e. The molecule has 0 aromatic heterocycles. The van der Waals surface area contributed by atoms with Crippen LogP contribution in [0.4, 0.5) is 23.2 Å².